The smallest absolute Gasteiger partial charge is 0.134 e. The van der Waals surface area contributed by atoms with E-state index in [0.29, 0.717) is 12.2 Å². The summed E-state index contributed by atoms with van der Waals surface area (Å²) in [7, 11) is 0. The number of terminal acetylenes is 1. The molecule has 0 spiro atoms. The maximum absolute atomic E-state index is 10.9. The minimum atomic E-state index is -0.130. The van der Waals surface area contributed by atoms with Crippen LogP contribution in [-0.2, 0) is 4.79 Å². The number of Topliss-reactive ketones (excluding diaryl/α,β-unsaturated/α-hetero) is 1. The average molecular weight is 136 g/mol. The van der Waals surface area contributed by atoms with Crippen LogP contribution < -0.4 is 0 Å². The van der Waals surface area contributed by atoms with Crippen LogP contribution in [0.1, 0.15) is 32.6 Å². The molecule has 1 nitrogen and oxygen atoms in total. The summed E-state index contributed by atoms with van der Waals surface area (Å²) in [6, 6.07) is 0. The molecule has 1 rings (SSSR count). The van der Waals surface area contributed by atoms with Crippen molar-refractivity contribution in [3.8, 4) is 12.3 Å². The van der Waals surface area contributed by atoms with Crippen molar-refractivity contribution in [2.45, 2.75) is 32.6 Å². The van der Waals surface area contributed by atoms with E-state index >= 15 is 0 Å². The fourth-order valence-electron chi connectivity index (χ4n) is 1.41. The summed E-state index contributed by atoms with van der Waals surface area (Å²) in [5.41, 5.74) is -0.130. The van der Waals surface area contributed by atoms with Crippen molar-refractivity contribution in [2.75, 3.05) is 0 Å². The van der Waals surface area contributed by atoms with Crippen molar-refractivity contribution >= 4 is 5.78 Å². The quantitative estimate of drug-likeness (QED) is 0.464. The van der Waals surface area contributed by atoms with Gasteiger partial charge in [0.15, 0.2) is 0 Å². The Morgan fingerprint density at radius 1 is 1.70 bits per heavy atom. The first-order valence-electron chi connectivity index (χ1n) is 3.66. The second-order valence-electron chi connectivity index (χ2n) is 3.27. The first-order chi connectivity index (χ1) is 4.66. The summed E-state index contributed by atoms with van der Waals surface area (Å²) in [6.07, 6.45) is 8.60. The second kappa shape index (κ2) is 2.46. The average Bonchev–Trinajstić information content (AvgIpc) is 1.88. The topological polar surface area (TPSA) is 17.1 Å². The van der Waals surface area contributed by atoms with Crippen LogP contribution in [-0.4, -0.2) is 5.78 Å². The SMILES string of the molecule is C#CC1(C)CCCC(=O)C1. The van der Waals surface area contributed by atoms with E-state index in [9.17, 15) is 4.79 Å². The first kappa shape index (κ1) is 7.34. The number of ketones is 1. The van der Waals surface area contributed by atoms with Gasteiger partial charge < -0.3 is 0 Å². The fraction of sp³-hybridized carbons (Fsp3) is 0.667. The molecule has 0 aliphatic heterocycles. The van der Waals surface area contributed by atoms with Crippen molar-refractivity contribution in [1.82, 2.24) is 0 Å². The second-order valence-corrected chi connectivity index (χ2v) is 3.27. The maximum atomic E-state index is 10.9. The van der Waals surface area contributed by atoms with Crippen LogP contribution in [0.2, 0.25) is 0 Å². The first-order valence-corrected chi connectivity index (χ1v) is 3.66. The molecule has 0 amide bonds. The van der Waals surface area contributed by atoms with E-state index in [1.54, 1.807) is 0 Å². The molecular formula is C9H12O. The Morgan fingerprint density at radius 3 is 2.80 bits per heavy atom. The molecule has 0 bridgehead atoms. The molecule has 0 aromatic rings. The third kappa shape index (κ3) is 1.39. The van der Waals surface area contributed by atoms with Gasteiger partial charge in [-0.2, -0.15) is 0 Å². The van der Waals surface area contributed by atoms with Crippen molar-refractivity contribution < 1.29 is 4.79 Å². The number of hydrogen-bond acceptors (Lipinski definition) is 1. The zero-order chi connectivity index (χ0) is 7.61. The van der Waals surface area contributed by atoms with Gasteiger partial charge in [0.05, 0.1) is 0 Å². The predicted molar refractivity (Wildman–Crippen MR) is 40.4 cm³/mol. The molecular weight excluding hydrogens is 124 g/mol. The van der Waals surface area contributed by atoms with E-state index in [4.69, 9.17) is 6.42 Å². The van der Waals surface area contributed by atoms with Gasteiger partial charge in [-0.15, -0.1) is 6.42 Å². The highest BCUT2D eigenvalue weighted by molar-refractivity contribution is 5.80. The van der Waals surface area contributed by atoms with Crippen molar-refractivity contribution in [3.63, 3.8) is 0 Å². The van der Waals surface area contributed by atoms with Crippen LogP contribution >= 0.6 is 0 Å². The number of rotatable bonds is 0. The van der Waals surface area contributed by atoms with Gasteiger partial charge in [0.2, 0.25) is 0 Å². The minimum absolute atomic E-state index is 0.130. The Balaban J connectivity index is 2.64. The molecule has 1 heteroatoms. The van der Waals surface area contributed by atoms with Crippen molar-refractivity contribution in [2.24, 2.45) is 5.41 Å². The van der Waals surface area contributed by atoms with E-state index in [1.165, 1.54) is 0 Å². The highest BCUT2D eigenvalue weighted by Gasteiger charge is 2.28. The third-order valence-electron chi connectivity index (χ3n) is 2.12. The minimum Gasteiger partial charge on any atom is -0.300 e. The normalized spacial score (nSPS) is 33.4. The lowest BCUT2D eigenvalue weighted by atomic mass is 9.76. The molecule has 10 heavy (non-hydrogen) atoms. The van der Waals surface area contributed by atoms with E-state index in [-0.39, 0.29) is 5.41 Å². The van der Waals surface area contributed by atoms with Gasteiger partial charge in [0, 0.05) is 18.3 Å². The fourth-order valence-corrected chi connectivity index (χ4v) is 1.41. The van der Waals surface area contributed by atoms with Gasteiger partial charge in [-0.1, -0.05) is 5.92 Å². The highest BCUT2D eigenvalue weighted by Crippen LogP contribution is 2.32. The van der Waals surface area contributed by atoms with Gasteiger partial charge >= 0.3 is 0 Å². The van der Waals surface area contributed by atoms with Crippen LogP contribution in [0.25, 0.3) is 0 Å². The monoisotopic (exact) mass is 136 g/mol. The molecule has 0 radical (unpaired) electrons. The Kier molecular flexibility index (Phi) is 1.80. The summed E-state index contributed by atoms with van der Waals surface area (Å²) >= 11 is 0. The molecule has 1 aliphatic rings. The highest BCUT2D eigenvalue weighted by atomic mass is 16.1. The number of carbonyl (C=O) groups is 1. The molecule has 1 fully saturated rings. The molecule has 1 aliphatic carbocycles. The van der Waals surface area contributed by atoms with Crippen molar-refractivity contribution in [1.29, 1.82) is 0 Å². The van der Waals surface area contributed by atoms with Crippen molar-refractivity contribution in [3.05, 3.63) is 0 Å². The van der Waals surface area contributed by atoms with Crippen LogP contribution in [0.15, 0.2) is 0 Å². The van der Waals surface area contributed by atoms with Gasteiger partial charge in [0.1, 0.15) is 5.78 Å². The third-order valence-corrected chi connectivity index (χ3v) is 2.12. The van der Waals surface area contributed by atoms with Crippen LogP contribution in [0.3, 0.4) is 0 Å². The van der Waals surface area contributed by atoms with Gasteiger partial charge in [0.25, 0.3) is 0 Å². The van der Waals surface area contributed by atoms with Gasteiger partial charge in [-0.25, -0.2) is 0 Å². The molecule has 0 heterocycles. The Morgan fingerprint density at radius 2 is 2.40 bits per heavy atom. The zero-order valence-corrected chi connectivity index (χ0v) is 6.31. The summed E-state index contributed by atoms with van der Waals surface area (Å²) in [6.45, 7) is 1.99. The van der Waals surface area contributed by atoms with Crippen LogP contribution in [0.4, 0.5) is 0 Å². The Labute approximate surface area is 61.8 Å². The Bertz CT molecular complexity index is 187. The maximum Gasteiger partial charge on any atom is 0.134 e. The van der Waals surface area contributed by atoms with Crippen LogP contribution in [0.5, 0.6) is 0 Å². The van der Waals surface area contributed by atoms with Crippen LogP contribution in [0, 0.1) is 17.8 Å². The predicted octanol–water partition coefficient (Wildman–Crippen LogP) is 1.77. The van der Waals surface area contributed by atoms with E-state index in [0.717, 1.165) is 19.3 Å². The molecule has 0 saturated heterocycles. The summed E-state index contributed by atoms with van der Waals surface area (Å²) in [5.74, 6) is 3.02. The summed E-state index contributed by atoms with van der Waals surface area (Å²) in [4.78, 5) is 10.9. The zero-order valence-electron chi connectivity index (χ0n) is 6.31. The molecule has 1 unspecified atom stereocenters. The summed E-state index contributed by atoms with van der Waals surface area (Å²) in [5, 5.41) is 0. The van der Waals surface area contributed by atoms with E-state index < -0.39 is 0 Å². The van der Waals surface area contributed by atoms with Gasteiger partial charge in [-0.05, 0) is 19.8 Å². The molecule has 1 atom stereocenters. The lowest BCUT2D eigenvalue weighted by molar-refractivity contribution is -0.122. The molecule has 1 saturated carbocycles. The lowest BCUT2D eigenvalue weighted by Gasteiger charge is -2.26. The molecule has 54 valence electrons. The molecule has 0 N–H and O–H groups in total. The lowest BCUT2D eigenvalue weighted by Crippen LogP contribution is -2.23. The standard InChI is InChI=1S/C9H12O/c1-3-9(2)6-4-5-8(10)7-9/h1H,4-7H2,2H3. The van der Waals surface area contributed by atoms with E-state index in [1.807, 2.05) is 6.92 Å². The number of carbonyl (C=O) groups excluding carboxylic acids is 1. The summed E-state index contributed by atoms with van der Waals surface area (Å²) < 4.78 is 0. The molecule has 0 aromatic carbocycles. The largest absolute Gasteiger partial charge is 0.300 e. The Hall–Kier alpha value is -0.770. The van der Waals surface area contributed by atoms with Gasteiger partial charge in [-0.3, -0.25) is 4.79 Å². The van der Waals surface area contributed by atoms with E-state index in [2.05, 4.69) is 5.92 Å². The molecule has 0 aromatic heterocycles. The number of hydrogen-bond donors (Lipinski definition) is 0.